The highest BCUT2D eigenvalue weighted by Gasteiger charge is 2.11. The van der Waals surface area contributed by atoms with Crippen molar-refractivity contribution < 1.29 is 4.79 Å². The van der Waals surface area contributed by atoms with Crippen molar-refractivity contribution in [1.82, 2.24) is 15.3 Å². The number of benzene rings is 1. The second-order valence-electron chi connectivity index (χ2n) is 4.94. The maximum absolute atomic E-state index is 12.0. The number of amides is 1. The zero-order valence-corrected chi connectivity index (χ0v) is 12.3. The van der Waals surface area contributed by atoms with Crippen LogP contribution in [0, 0.1) is 0 Å². The molecule has 0 fully saturated rings. The van der Waals surface area contributed by atoms with E-state index in [-0.39, 0.29) is 11.9 Å². The first-order valence-electron chi connectivity index (χ1n) is 7.03. The summed E-state index contributed by atoms with van der Waals surface area (Å²) in [6.45, 7) is 2.00. The minimum Gasteiger partial charge on any atom is -0.372 e. The van der Waals surface area contributed by atoms with E-state index < -0.39 is 0 Å². The van der Waals surface area contributed by atoms with Crippen LogP contribution in [0.1, 0.15) is 29.4 Å². The summed E-state index contributed by atoms with van der Waals surface area (Å²) < 4.78 is 0. The van der Waals surface area contributed by atoms with E-state index in [0.29, 0.717) is 11.5 Å². The Morgan fingerprint density at radius 2 is 1.95 bits per heavy atom. The Morgan fingerprint density at radius 3 is 2.57 bits per heavy atom. The molecule has 2 rings (SSSR count). The third-order valence-electron chi connectivity index (χ3n) is 3.23. The fraction of sp³-hybridized carbons (Fsp3) is 0.312. The van der Waals surface area contributed by atoms with Gasteiger partial charge in [-0.15, -0.1) is 0 Å². The quantitative estimate of drug-likeness (QED) is 0.854. The second-order valence-corrected chi connectivity index (χ2v) is 4.94. The van der Waals surface area contributed by atoms with Crippen molar-refractivity contribution in [3.05, 3.63) is 54.0 Å². The minimum absolute atomic E-state index is 0.0866. The van der Waals surface area contributed by atoms with Gasteiger partial charge >= 0.3 is 0 Å². The number of hydrogen-bond donors (Lipinski definition) is 2. The smallest absolute Gasteiger partial charge is 0.271 e. The molecule has 110 valence electrons. The molecule has 0 aliphatic carbocycles. The lowest BCUT2D eigenvalue weighted by Gasteiger charge is -2.13. The van der Waals surface area contributed by atoms with E-state index in [9.17, 15) is 4.79 Å². The molecule has 0 bridgehead atoms. The lowest BCUT2D eigenvalue weighted by Crippen LogP contribution is -2.33. The van der Waals surface area contributed by atoms with E-state index in [0.717, 1.165) is 12.8 Å². The number of rotatable bonds is 6. The molecule has 1 unspecified atom stereocenters. The summed E-state index contributed by atoms with van der Waals surface area (Å²) >= 11 is 0. The average molecular weight is 284 g/mol. The van der Waals surface area contributed by atoms with Crippen LogP contribution in [0.4, 0.5) is 5.82 Å². The third-order valence-corrected chi connectivity index (χ3v) is 3.23. The first-order valence-corrected chi connectivity index (χ1v) is 7.03. The van der Waals surface area contributed by atoms with E-state index in [1.54, 1.807) is 13.2 Å². The number of aromatic nitrogens is 2. The molecule has 0 saturated heterocycles. The van der Waals surface area contributed by atoms with Crippen molar-refractivity contribution in [3.8, 4) is 0 Å². The van der Waals surface area contributed by atoms with Crippen LogP contribution >= 0.6 is 0 Å². The van der Waals surface area contributed by atoms with Gasteiger partial charge in [0.2, 0.25) is 0 Å². The lowest BCUT2D eigenvalue weighted by molar-refractivity contribution is 0.0933. The number of anilines is 1. The summed E-state index contributed by atoms with van der Waals surface area (Å²) in [5.74, 6) is 0.453. The predicted octanol–water partition coefficient (Wildman–Crippen LogP) is 2.27. The van der Waals surface area contributed by atoms with Crippen molar-refractivity contribution in [2.24, 2.45) is 0 Å². The van der Waals surface area contributed by atoms with Gasteiger partial charge in [0.15, 0.2) is 0 Å². The SMILES string of the molecule is CNc1cnc(C(=O)NC(C)CCc2ccccc2)cn1. The normalized spacial score (nSPS) is 11.7. The Kier molecular flexibility index (Phi) is 5.26. The largest absolute Gasteiger partial charge is 0.372 e. The van der Waals surface area contributed by atoms with Gasteiger partial charge in [0, 0.05) is 13.1 Å². The minimum atomic E-state index is -0.189. The molecule has 1 aromatic heterocycles. The maximum Gasteiger partial charge on any atom is 0.271 e. The molecule has 21 heavy (non-hydrogen) atoms. The highest BCUT2D eigenvalue weighted by molar-refractivity contribution is 5.92. The van der Waals surface area contributed by atoms with Crippen molar-refractivity contribution in [2.45, 2.75) is 25.8 Å². The molecule has 1 heterocycles. The van der Waals surface area contributed by atoms with Crippen LogP contribution in [-0.4, -0.2) is 29.0 Å². The molecule has 0 aliphatic heterocycles. The standard InChI is InChI=1S/C16H20N4O/c1-12(8-9-13-6-4-3-5-7-13)20-16(21)14-10-19-15(17-2)11-18-14/h3-7,10-12H,8-9H2,1-2H3,(H,17,19)(H,20,21). The molecule has 1 aromatic carbocycles. The van der Waals surface area contributed by atoms with E-state index in [2.05, 4.69) is 32.7 Å². The van der Waals surface area contributed by atoms with Gasteiger partial charge < -0.3 is 10.6 Å². The number of nitrogens with one attached hydrogen (secondary N) is 2. The summed E-state index contributed by atoms with van der Waals surface area (Å²) in [6, 6.07) is 10.3. The summed E-state index contributed by atoms with van der Waals surface area (Å²) in [4.78, 5) is 20.2. The molecule has 2 aromatic rings. The Balaban J connectivity index is 1.83. The van der Waals surface area contributed by atoms with E-state index in [4.69, 9.17) is 0 Å². The van der Waals surface area contributed by atoms with Crippen molar-refractivity contribution in [3.63, 3.8) is 0 Å². The van der Waals surface area contributed by atoms with Gasteiger partial charge in [0.1, 0.15) is 11.5 Å². The molecule has 1 amide bonds. The number of nitrogens with zero attached hydrogens (tertiary/aromatic N) is 2. The molecule has 1 atom stereocenters. The van der Waals surface area contributed by atoms with Gasteiger partial charge in [-0.05, 0) is 25.3 Å². The van der Waals surface area contributed by atoms with E-state index >= 15 is 0 Å². The first kappa shape index (κ1) is 15.0. The zero-order valence-electron chi connectivity index (χ0n) is 12.3. The molecule has 0 spiro atoms. The molecule has 2 N–H and O–H groups in total. The van der Waals surface area contributed by atoms with Gasteiger partial charge in [-0.3, -0.25) is 4.79 Å². The molecule has 0 aliphatic rings. The molecular formula is C16H20N4O. The molecule has 0 radical (unpaired) electrons. The fourth-order valence-electron chi connectivity index (χ4n) is 1.97. The van der Waals surface area contributed by atoms with Gasteiger partial charge in [-0.2, -0.15) is 0 Å². The lowest BCUT2D eigenvalue weighted by atomic mass is 10.1. The van der Waals surface area contributed by atoms with E-state index in [1.807, 2.05) is 25.1 Å². The van der Waals surface area contributed by atoms with Crippen molar-refractivity contribution in [2.75, 3.05) is 12.4 Å². The monoisotopic (exact) mass is 284 g/mol. The van der Waals surface area contributed by atoms with Crippen LogP contribution in [0.15, 0.2) is 42.7 Å². The highest BCUT2D eigenvalue weighted by atomic mass is 16.1. The van der Waals surface area contributed by atoms with Crippen LogP contribution in [0.5, 0.6) is 0 Å². The van der Waals surface area contributed by atoms with Crippen LogP contribution in [-0.2, 0) is 6.42 Å². The van der Waals surface area contributed by atoms with Crippen LogP contribution < -0.4 is 10.6 Å². The average Bonchev–Trinajstić information content (AvgIpc) is 2.54. The predicted molar refractivity (Wildman–Crippen MR) is 83.3 cm³/mol. The van der Waals surface area contributed by atoms with Gasteiger partial charge in [0.25, 0.3) is 5.91 Å². The highest BCUT2D eigenvalue weighted by Crippen LogP contribution is 2.06. The zero-order chi connectivity index (χ0) is 15.1. The number of hydrogen-bond acceptors (Lipinski definition) is 4. The maximum atomic E-state index is 12.0. The summed E-state index contributed by atoms with van der Waals surface area (Å²) in [7, 11) is 1.76. The Labute approximate surface area is 124 Å². The Bertz CT molecular complexity index is 569. The van der Waals surface area contributed by atoms with Gasteiger partial charge in [-0.25, -0.2) is 9.97 Å². The summed E-state index contributed by atoms with van der Waals surface area (Å²) in [5.41, 5.74) is 1.61. The number of carbonyl (C=O) groups is 1. The molecule has 5 nitrogen and oxygen atoms in total. The Hall–Kier alpha value is -2.43. The number of aryl methyl sites for hydroxylation is 1. The van der Waals surface area contributed by atoms with Crippen LogP contribution in [0.25, 0.3) is 0 Å². The van der Waals surface area contributed by atoms with Gasteiger partial charge in [0.05, 0.1) is 12.4 Å². The van der Waals surface area contributed by atoms with Crippen LogP contribution in [0.2, 0.25) is 0 Å². The van der Waals surface area contributed by atoms with Crippen LogP contribution in [0.3, 0.4) is 0 Å². The third kappa shape index (κ3) is 4.56. The molecule has 0 saturated carbocycles. The van der Waals surface area contributed by atoms with Crippen molar-refractivity contribution >= 4 is 11.7 Å². The summed E-state index contributed by atoms with van der Waals surface area (Å²) in [6.07, 6.45) is 4.85. The first-order chi connectivity index (χ1) is 10.2. The molecule has 5 heteroatoms. The van der Waals surface area contributed by atoms with E-state index in [1.165, 1.54) is 11.8 Å². The van der Waals surface area contributed by atoms with Crippen molar-refractivity contribution in [1.29, 1.82) is 0 Å². The second kappa shape index (κ2) is 7.38. The summed E-state index contributed by atoms with van der Waals surface area (Å²) in [5, 5.41) is 5.81. The van der Waals surface area contributed by atoms with Gasteiger partial charge in [-0.1, -0.05) is 30.3 Å². The number of carbonyl (C=O) groups excluding carboxylic acids is 1. The molecular weight excluding hydrogens is 264 g/mol. The Morgan fingerprint density at radius 1 is 1.19 bits per heavy atom. The topological polar surface area (TPSA) is 66.9 Å². The fourth-order valence-corrected chi connectivity index (χ4v) is 1.97.